The van der Waals surface area contributed by atoms with Gasteiger partial charge in [0.2, 0.25) is 34.8 Å². The summed E-state index contributed by atoms with van der Waals surface area (Å²) < 4.78 is 74.7. The monoisotopic (exact) mass is 326 g/mol. The number of hydrogen-bond donors (Lipinski definition) is 0. The Hall–Kier alpha value is -1.54. The number of benzene rings is 1. The fourth-order valence-electron chi connectivity index (χ4n) is 1.67. The van der Waals surface area contributed by atoms with E-state index in [9.17, 15) is 17.6 Å². The van der Waals surface area contributed by atoms with Gasteiger partial charge in [-0.25, -0.2) is 0 Å². The largest absolute Gasteiger partial charge is 0.459 e. The molecule has 4 nitrogen and oxygen atoms in total. The van der Waals surface area contributed by atoms with Crippen LogP contribution in [-0.4, -0.2) is 25.8 Å². The van der Waals surface area contributed by atoms with Gasteiger partial charge in [0.25, 0.3) is 0 Å². The normalized spacial score (nSPS) is 13.8. The van der Waals surface area contributed by atoms with Gasteiger partial charge in [-0.2, -0.15) is 17.6 Å². The van der Waals surface area contributed by atoms with Crippen molar-refractivity contribution in [3.63, 3.8) is 0 Å². The van der Waals surface area contributed by atoms with Crippen molar-refractivity contribution < 1.29 is 36.5 Å². The molecule has 126 valence electrons. The van der Waals surface area contributed by atoms with Crippen molar-refractivity contribution in [2.75, 3.05) is 13.2 Å². The van der Waals surface area contributed by atoms with Crippen LogP contribution in [0.2, 0.25) is 0 Å². The maximum absolute atomic E-state index is 13.9. The molecule has 0 aliphatic carbocycles. The van der Waals surface area contributed by atoms with E-state index in [4.69, 9.17) is 18.9 Å². The van der Waals surface area contributed by atoms with E-state index in [1.807, 2.05) is 0 Å². The topological polar surface area (TPSA) is 36.9 Å². The first-order valence-electron chi connectivity index (χ1n) is 6.75. The molecule has 0 saturated heterocycles. The summed E-state index contributed by atoms with van der Waals surface area (Å²) in [6, 6.07) is 0. The molecule has 0 N–H and O–H groups in total. The molecule has 2 unspecified atom stereocenters. The van der Waals surface area contributed by atoms with Crippen LogP contribution in [0.4, 0.5) is 17.6 Å². The third-order valence-electron chi connectivity index (χ3n) is 2.55. The Morgan fingerprint density at radius 2 is 0.955 bits per heavy atom. The van der Waals surface area contributed by atoms with E-state index in [2.05, 4.69) is 0 Å². The van der Waals surface area contributed by atoms with Gasteiger partial charge in [0.1, 0.15) is 0 Å². The SMILES string of the molecule is CCOC(C)Oc1c(F)c(F)c(OC(C)OCC)c(F)c1F. The Bertz CT molecular complexity index is 436. The molecule has 1 aromatic rings. The molecule has 0 aliphatic heterocycles. The average molecular weight is 326 g/mol. The van der Waals surface area contributed by atoms with Crippen molar-refractivity contribution in [3.05, 3.63) is 23.3 Å². The predicted molar refractivity (Wildman–Crippen MR) is 69.7 cm³/mol. The van der Waals surface area contributed by atoms with Gasteiger partial charge in [0.05, 0.1) is 0 Å². The van der Waals surface area contributed by atoms with E-state index in [1.165, 1.54) is 13.8 Å². The molecule has 0 aliphatic rings. The maximum atomic E-state index is 13.9. The zero-order chi connectivity index (χ0) is 16.9. The molecule has 0 spiro atoms. The molecule has 0 fully saturated rings. The van der Waals surface area contributed by atoms with E-state index < -0.39 is 47.3 Å². The van der Waals surface area contributed by atoms with Gasteiger partial charge in [-0.15, -0.1) is 0 Å². The summed E-state index contributed by atoms with van der Waals surface area (Å²) >= 11 is 0. The van der Waals surface area contributed by atoms with Crippen molar-refractivity contribution in [1.29, 1.82) is 0 Å². The van der Waals surface area contributed by atoms with Crippen LogP contribution in [0.15, 0.2) is 0 Å². The van der Waals surface area contributed by atoms with Gasteiger partial charge in [-0.1, -0.05) is 0 Å². The molecule has 0 bridgehead atoms. The molecule has 0 amide bonds. The number of halogens is 4. The summed E-state index contributed by atoms with van der Waals surface area (Å²) in [5.74, 6) is -9.22. The van der Waals surface area contributed by atoms with Crippen LogP contribution in [0.25, 0.3) is 0 Å². The Morgan fingerprint density at radius 1 is 0.682 bits per heavy atom. The molecule has 1 rings (SSSR count). The minimum atomic E-state index is -1.70. The first-order valence-corrected chi connectivity index (χ1v) is 6.75. The fourth-order valence-corrected chi connectivity index (χ4v) is 1.67. The maximum Gasteiger partial charge on any atom is 0.207 e. The van der Waals surface area contributed by atoms with Crippen molar-refractivity contribution >= 4 is 0 Å². The molecule has 0 radical (unpaired) electrons. The van der Waals surface area contributed by atoms with Crippen LogP contribution in [0, 0.1) is 23.3 Å². The highest BCUT2D eigenvalue weighted by molar-refractivity contribution is 5.38. The second kappa shape index (κ2) is 8.19. The van der Waals surface area contributed by atoms with Crippen molar-refractivity contribution in [2.24, 2.45) is 0 Å². The van der Waals surface area contributed by atoms with E-state index in [1.54, 1.807) is 13.8 Å². The molecule has 0 heterocycles. The Labute approximate surface area is 125 Å². The fraction of sp³-hybridized carbons (Fsp3) is 0.571. The summed E-state index contributed by atoms with van der Waals surface area (Å²) in [6.07, 6.45) is -2.16. The summed E-state index contributed by atoms with van der Waals surface area (Å²) in [6.45, 7) is 6.31. The molecule has 2 atom stereocenters. The van der Waals surface area contributed by atoms with E-state index in [-0.39, 0.29) is 13.2 Å². The molecule has 8 heteroatoms. The Kier molecular flexibility index (Phi) is 6.89. The van der Waals surface area contributed by atoms with Gasteiger partial charge in [0, 0.05) is 13.2 Å². The van der Waals surface area contributed by atoms with Gasteiger partial charge < -0.3 is 18.9 Å². The quantitative estimate of drug-likeness (QED) is 0.414. The number of ether oxygens (including phenoxy) is 4. The summed E-state index contributed by atoms with van der Waals surface area (Å²) in [5, 5.41) is 0. The highest BCUT2D eigenvalue weighted by Crippen LogP contribution is 2.35. The lowest BCUT2D eigenvalue weighted by Crippen LogP contribution is -2.21. The third-order valence-corrected chi connectivity index (χ3v) is 2.55. The third kappa shape index (κ3) is 4.23. The highest BCUT2D eigenvalue weighted by atomic mass is 19.2. The lowest BCUT2D eigenvalue weighted by atomic mass is 10.2. The molecule has 1 aromatic carbocycles. The van der Waals surface area contributed by atoms with Crippen LogP contribution in [-0.2, 0) is 9.47 Å². The number of hydrogen-bond acceptors (Lipinski definition) is 4. The van der Waals surface area contributed by atoms with Crippen molar-refractivity contribution in [1.82, 2.24) is 0 Å². The van der Waals surface area contributed by atoms with Gasteiger partial charge >= 0.3 is 0 Å². The first-order chi connectivity index (χ1) is 10.3. The summed E-state index contributed by atoms with van der Waals surface area (Å²) in [4.78, 5) is 0. The minimum Gasteiger partial charge on any atom is -0.459 e. The average Bonchev–Trinajstić information content (AvgIpc) is 2.47. The summed E-state index contributed by atoms with van der Waals surface area (Å²) in [7, 11) is 0. The zero-order valence-electron chi connectivity index (χ0n) is 12.7. The minimum absolute atomic E-state index is 0.197. The van der Waals surface area contributed by atoms with Gasteiger partial charge in [-0.05, 0) is 27.7 Å². The van der Waals surface area contributed by atoms with Crippen molar-refractivity contribution in [2.45, 2.75) is 40.3 Å². The lowest BCUT2D eigenvalue weighted by molar-refractivity contribution is -0.0702. The second-order valence-electron chi connectivity index (χ2n) is 4.20. The molecular formula is C14H18F4O4. The van der Waals surface area contributed by atoms with Crippen LogP contribution in [0.5, 0.6) is 11.5 Å². The van der Waals surface area contributed by atoms with E-state index in [0.717, 1.165) is 0 Å². The number of rotatable bonds is 8. The van der Waals surface area contributed by atoms with Crippen LogP contribution in [0.3, 0.4) is 0 Å². The Balaban J connectivity index is 3.14. The standard InChI is InChI=1S/C14H18F4O4/c1-5-19-7(3)21-13-9(15)11(17)14(12(18)10(13)16)22-8(4)20-6-2/h7-8H,5-6H2,1-4H3. The van der Waals surface area contributed by atoms with Gasteiger partial charge in [-0.3, -0.25) is 0 Å². The smallest absolute Gasteiger partial charge is 0.207 e. The molecular weight excluding hydrogens is 308 g/mol. The molecule has 22 heavy (non-hydrogen) atoms. The van der Waals surface area contributed by atoms with Gasteiger partial charge in [0.15, 0.2) is 12.6 Å². The molecule has 0 aromatic heterocycles. The lowest BCUT2D eigenvalue weighted by Gasteiger charge is -2.19. The second-order valence-corrected chi connectivity index (χ2v) is 4.20. The summed E-state index contributed by atoms with van der Waals surface area (Å²) in [5.41, 5.74) is 0. The van der Waals surface area contributed by atoms with Crippen LogP contribution in [0.1, 0.15) is 27.7 Å². The molecule has 0 saturated carbocycles. The van der Waals surface area contributed by atoms with Crippen LogP contribution >= 0.6 is 0 Å². The van der Waals surface area contributed by atoms with E-state index >= 15 is 0 Å². The predicted octanol–water partition coefficient (Wildman–Crippen LogP) is 3.77. The first kappa shape index (κ1) is 18.5. The van der Waals surface area contributed by atoms with Crippen molar-refractivity contribution in [3.8, 4) is 11.5 Å². The zero-order valence-corrected chi connectivity index (χ0v) is 12.7. The van der Waals surface area contributed by atoms with E-state index in [0.29, 0.717) is 0 Å². The highest BCUT2D eigenvalue weighted by Gasteiger charge is 2.30. The van der Waals surface area contributed by atoms with Crippen LogP contribution < -0.4 is 9.47 Å². The Morgan fingerprint density at radius 3 is 1.18 bits per heavy atom.